The fourth-order valence-corrected chi connectivity index (χ4v) is 18.5. The highest BCUT2D eigenvalue weighted by Gasteiger charge is 2.72. The van der Waals surface area contributed by atoms with Crippen LogP contribution >= 0.6 is 0 Å². The van der Waals surface area contributed by atoms with Gasteiger partial charge in [0.05, 0.1) is 24.0 Å². The van der Waals surface area contributed by atoms with Gasteiger partial charge in [0.15, 0.2) is 8.32 Å². The molecule has 3 aliphatic rings. The second-order valence-electron chi connectivity index (χ2n) is 19.7. The summed E-state index contributed by atoms with van der Waals surface area (Å²) < 4.78 is 43.0. The molecule has 1 heterocycles. The van der Waals surface area contributed by atoms with Crippen molar-refractivity contribution in [3.05, 3.63) is 72.8 Å². The third kappa shape index (κ3) is 7.72. The molecule has 0 radical (unpaired) electrons. The van der Waals surface area contributed by atoms with Gasteiger partial charge < -0.3 is 8.85 Å². The number of carbonyl (C=O) groups is 1. The zero-order valence-electron chi connectivity index (χ0n) is 34.9. The van der Waals surface area contributed by atoms with Gasteiger partial charge in [0.1, 0.15) is 0 Å². The number of rotatable bonds is 14. The first kappa shape index (κ1) is 42.1. The smallest absolute Gasteiger partial charge is 0.261 e. The van der Waals surface area contributed by atoms with Crippen molar-refractivity contribution in [2.24, 2.45) is 22.7 Å². The van der Waals surface area contributed by atoms with E-state index >= 15 is 0 Å². The number of hydrogen-bond acceptors (Lipinski definition) is 5. The molecule has 6 nitrogen and oxygen atoms in total. The Morgan fingerprint density at radius 2 is 1.47 bits per heavy atom. The Bertz CT molecular complexity index is 1670. The molecule has 3 fully saturated rings. The highest BCUT2D eigenvalue weighted by molar-refractivity contribution is 7.90. The van der Waals surface area contributed by atoms with E-state index in [-0.39, 0.29) is 56.7 Å². The van der Waals surface area contributed by atoms with E-state index in [9.17, 15) is 13.2 Å². The molecule has 9 heteroatoms. The standard InChI is InChI=1S/C44H69NO5SSi2/c1-33(40(46)45-39-31-35-29-30-44(39,43(35,9)10)32-51(45,47)48)23-17-13-14-22-28-38(50-52(11,12)41(3,4)5)34(2)49-53(42(6,7)8,36-24-18-15-19-25-36)37-26-20-16-21-27-37/h14-16,18-22,24-27,33-35,38-39H,13,17,23,28-32H2,1-12H3/b22-14-/t33-,34+,35+,38-,39+,44+/m0/s1. The van der Waals surface area contributed by atoms with Crippen molar-refractivity contribution in [2.45, 2.75) is 156 Å². The Hall–Kier alpha value is -2.05. The van der Waals surface area contributed by atoms with E-state index in [1.807, 2.05) is 6.92 Å². The Balaban J connectivity index is 1.29. The minimum absolute atomic E-state index is 0.0397. The number of carbonyl (C=O) groups excluding carboxylic acids is 1. The van der Waals surface area contributed by atoms with Crippen molar-refractivity contribution in [3.63, 3.8) is 0 Å². The molecule has 2 aliphatic carbocycles. The van der Waals surface area contributed by atoms with Gasteiger partial charge in [-0.05, 0) is 96.7 Å². The number of benzene rings is 2. The molecule has 1 spiro atoms. The third-order valence-corrected chi connectivity index (χ3v) is 25.7. The van der Waals surface area contributed by atoms with Crippen molar-refractivity contribution in [2.75, 3.05) is 5.75 Å². The molecule has 0 N–H and O–H groups in total. The summed E-state index contributed by atoms with van der Waals surface area (Å²) in [6.45, 7) is 27.0. The van der Waals surface area contributed by atoms with Crippen LogP contribution in [0.2, 0.25) is 23.2 Å². The van der Waals surface area contributed by atoms with E-state index in [4.69, 9.17) is 8.85 Å². The van der Waals surface area contributed by atoms with Crippen molar-refractivity contribution < 1.29 is 22.1 Å². The van der Waals surface area contributed by atoms with E-state index in [0.717, 1.165) is 38.5 Å². The summed E-state index contributed by atoms with van der Waals surface area (Å²) >= 11 is 0. The first-order valence-electron chi connectivity index (χ1n) is 20.2. The lowest BCUT2D eigenvalue weighted by Gasteiger charge is -2.47. The second kappa shape index (κ2) is 15.1. The molecule has 2 saturated carbocycles. The molecule has 1 aliphatic heterocycles. The molecule has 1 amide bonds. The van der Waals surface area contributed by atoms with Crippen LogP contribution in [0.5, 0.6) is 0 Å². The Labute approximate surface area is 324 Å². The average molecular weight is 780 g/mol. The first-order chi connectivity index (χ1) is 24.5. The summed E-state index contributed by atoms with van der Waals surface area (Å²) in [6.07, 6.45) is 10.0. The summed E-state index contributed by atoms with van der Waals surface area (Å²) in [5.74, 6) is 0.104. The van der Waals surface area contributed by atoms with Crippen molar-refractivity contribution in [1.29, 1.82) is 0 Å². The lowest BCUT2D eigenvalue weighted by atomic mass is 9.69. The lowest BCUT2D eigenvalue weighted by Crippen LogP contribution is -2.68. The van der Waals surface area contributed by atoms with Crippen LogP contribution in [-0.2, 0) is 23.7 Å². The van der Waals surface area contributed by atoms with Crippen LogP contribution in [0.25, 0.3) is 0 Å². The van der Waals surface area contributed by atoms with Crippen molar-refractivity contribution >= 4 is 42.9 Å². The van der Waals surface area contributed by atoms with E-state index in [1.54, 1.807) is 0 Å². The number of hydrogen-bond donors (Lipinski definition) is 0. The van der Waals surface area contributed by atoms with Gasteiger partial charge in [-0.1, -0.05) is 135 Å². The Morgan fingerprint density at radius 1 is 0.906 bits per heavy atom. The molecule has 294 valence electrons. The SMILES string of the molecule is C[C@@H](CCC/C=C\C[C@H](O[Si](C)(C)C(C)(C)C)[C@@H](C)O[Si](c1ccccc1)(c1ccccc1)C(C)(C)C)C(=O)N1[C@@H]2C[C@H]3CC[C@]2(CS1(=O)=O)C3(C)C. The van der Waals surface area contributed by atoms with Crippen LogP contribution in [0, 0.1) is 22.7 Å². The molecular formula is C44H69NO5SSi2. The van der Waals surface area contributed by atoms with Crippen LogP contribution in [0.3, 0.4) is 0 Å². The maximum Gasteiger partial charge on any atom is 0.261 e. The molecular weight excluding hydrogens is 711 g/mol. The zero-order chi connectivity index (χ0) is 39.3. The van der Waals surface area contributed by atoms with Crippen LogP contribution in [0.4, 0.5) is 0 Å². The van der Waals surface area contributed by atoms with Gasteiger partial charge in [-0.2, -0.15) is 0 Å². The predicted octanol–water partition coefficient (Wildman–Crippen LogP) is 9.46. The highest BCUT2D eigenvalue weighted by Crippen LogP contribution is 2.70. The highest BCUT2D eigenvalue weighted by atomic mass is 32.2. The summed E-state index contributed by atoms with van der Waals surface area (Å²) in [5.41, 5.74) is -0.322. The zero-order valence-corrected chi connectivity index (χ0v) is 37.7. The van der Waals surface area contributed by atoms with Crippen molar-refractivity contribution in [1.82, 2.24) is 4.31 Å². The van der Waals surface area contributed by atoms with Crippen LogP contribution < -0.4 is 10.4 Å². The topological polar surface area (TPSA) is 72.9 Å². The van der Waals surface area contributed by atoms with Crippen LogP contribution in [0.15, 0.2) is 72.8 Å². The Morgan fingerprint density at radius 3 is 1.98 bits per heavy atom. The number of sulfonamides is 1. The molecule has 0 unspecified atom stereocenters. The second-order valence-corrected chi connectivity index (χ2v) is 30.6. The lowest BCUT2D eigenvalue weighted by molar-refractivity contribution is -0.133. The van der Waals surface area contributed by atoms with E-state index < -0.39 is 26.7 Å². The largest absolute Gasteiger partial charge is 0.411 e. The molecule has 6 atom stereocenters. The molecule has 2 aromatic carbocycles. The number of amides is 1. The summed E-state index contributed by atoms with van der Waals surface area (Å²) in [7, 11) is -8.54. The summed E-state index contributed by atoms with van der Waals surface area (Å²) in [4.78, 5) is 13.8. The van der Waals surface area contributed by atoms with Crippen LogP contribution in [0.1, 0.15) is 114 Å². The number of fused-ring (bicyclic) bond motifs is 1. The molecule has 1 saturated heterocycles. The third-order valence-electron chi connectivity index (χ3n) is 14.1. The molecule has 2 bridgehead atoms. The van der Waals surface area contributed by atoms with Gasteiger partial charge in [-0.15, -0.1) is 0 Å². The molecule has 0 aromatic heterocycles. The minimum atomic E-state index is -3.60. The predicted molar refractivity (Wildman–Crippen MR) is 225 cm³/mol. The quantitative estimate of drug-likeness (QED) is 0.109. The fourth-order valence-electron chi connectivity index (χ4n) is 9.75. The van der Waals surface area contributed by atoms with Gasteiger partial charge in [0.2, 0.25) is 15.9 Å². The molecule has 2 aromatic rings. The first-order valence-corrected chi connectivity index (χ1v) is 26.6. The van der Waals surface area contributed by atoms with Crippen LogP contribution in [-0.4, -0.2) is 59.3 Å². The Kier molecular flexibility index (Phi) is 12.0. The van der Waals surface area contributed by atoms with Gasteiger partial charge in [0.25, 0.3) is 8.32 Å². The normalized spacial score (nSPS) is 25.8. The van der Waals surface area contributed by atoms with Gasteiger partial charge in [0, 0.05) is 11.3 Å². The van der Waals surface area contributed by atoms with E-state index in [0.29, 0.717) is 12.3 Å². The number of nitrogens with zero attached hydrogens (tertiary/aromatic N) is 1. The van der Waals surface area contributed by atoms with Gasteiger partial charge >= 0.3 is 0 Å². The number of unbranched alkanes of at least 4 members (excludes halogenated alkanes) is 1. The van der Waals surface area contributed by atoms with Crippen molar-refractivity contribution in [3.8, 4) is 0 Å². The molecule has 53 heavy (non-hydrogen) atoms. The summed E-state index contributed by atoms with van der Waals surface area (Å²) in [6, 6.07) is 21.4. The average Bonchev–Trinajstić information content (AvgIpc) is 3.55. The minimum Gasteiger partial charge on any atom is -0.411 e. The summed E-state index contributed by atoms with van der Waals surface area (Å²) in [5, 5.41) is 2.43. The molecule has 5 rings (SSSR count). The van der Waals surface area contributed by atoms with Gasteiger partial charge in [-0.3, -0.25) is 4.79 Å². The monoisotopic (exact) mass is 779 g/mol. The maximum absolute atomic E-state index is 13.8. The van der Waals surface area contributed by atoms with E-state index in [2.05, 4.69) is 148 Å². The maximum atomic E-state index is 13.8. The fraction of sp³-hybridized carbons (Fsp3) is 0.659. The van der Waals surface area contributed by atoms with Gasteiger partial charge in [-0.25, -0.2) is 12.7 Å². The van der Waals surface area contributed by atoms with E-state index in [1.165, 1.54) is 14.7 Å². The number of allylic oxidation sites excluding steroid dienone is 1.